The van der Waals surface area contributed by atoms with Crippen LogP contribution in [-0.4, -0.2) is 28.6 Å². The van der Waals surface area contributed by atoms with Gasteiger partial charge in [0.2, 0.25) is 0 Å². The maximum atomic E-state index is 11.1. The summed E-state index contributed by atoms with van der Waals surface area (Å²) in [6.07, 6.45) is 3.95. The zero-order chi connectivity index (χ0) is 21.5. The molecule has 31 heavy (non-hydrogen) atoms. The van der Waals surface area contributed by atoms with Gasteiger partial charge in [-0.15, -0.1) is 11.8 Å². The highest BCUT2D eigenvalue weighted by Gasteiger charge is 2.26. The van der Waals surface area contributed by atoms with E-state index in [1.165, 1.54) is 5.56 Å². The number of benzene rings is 2. The van der Waals surface area contributed by atoms with Crippen molar-refractivity contribution in [2.45, 2.75) is 42.7 Å². The first kappa shape index (κ1) is 21.2. The second-order valence-electron chi connectivity index (χ2n) is 7.61. The summed E-state index contributed by atoms with van der Waals surface area (Å²) in [5.74, 6) is 0.919. The molecule has 3 aromatic rings. The van der Waals surface area contributed by atoms with Crippen molar-refractivity contribution >= 4 is 23.4 Å². The van der Waals surface area contributed by atoms with Gasteiger partial charge in [0.15, 0.2) is 0 Å². The molecule has 1 unspecified atom stereocenters. The molecule has 0 bridgehead atoms. The zero-order valence-electron chi connectivity index (χ0n) is 17.3. The third kappa shape index (κ3) is 5.79. The molecule has 6 heteroatoms. The van der Waals surface area contributed by atoms with Crippen LogP contribution in [0.25, 0.3) is 0 Å². The summed E-state index contributed by atoms with van der Waals surface area (Å²) in [4.78, 5) is 17.8. The number of nitrogens with zero attached hydrogens (tertiary/aromatic N) is 2. The average molecular weight is 435 g/mol. The zero-order valence-corrected chi connectivity index (χ0v) is 18.1. The van der Waals surface area contributed by atoms with E-state index in [2.05, 4.69) is 28.1 Å². The molecule has 5 nitrogen and oxygen atoms in total. The van der Waals surface area contributed by atoms with Gasteiger partial charge in [0.05, 0.1) is 6.42 Å². The van der Waals surface area contributed by atoms with E-state index < -0.39 is 5.97 Å². The number of pyridine rings is 1. The minimum atomic E-state index is -0.741. The van der Waals surface area contributed by atoms with Crippen LogP contribution < -0.4 is 9.64 Å². The van der Waals surface area contributed by atoms with Gasteiger partial charge < -0.3 is 14.7 Å². The highest BCUT2D eigenvalue weighted by Crippen LogP contribution is 2.30. The molecule has 1 aliphatic heterocycles. The maximum absolute atomic E-state index is 11.1. The molecule has 0 radical (unpaired) electrons. The van der Waals surface area contributed by atoms with Crippen molar-refractivity contribution in [3.05, 3.63) is 84.1 Å². The van der Waals surface area contributed by atoms with E-state index in [4.69, 9.17) is 9.84 Å². The molecule has 1 saturated heterocycles. The quantitative estimate of drug-likeness (QED) is 0.455. The Kier molecular flexibility index (Phi) is 7.10. The molecule has 1 atom stereocenters. The second-order valence-corrected chi connectivity index (χ2v) is 8.58. The lowest BCUT2D eigenvalue weighted by Crippen LogP contribution is -2.31. The first-order valence-electron chi connectivity index (χ1n) is 10.5. The predicted molar refractivity (Wildman–Crippen MR) is 124 cm³/mol. The van der Waals surface area contributed by atoms with Crippen LogP contribution in [0.15, 0.2) is 78.0 Å². The van der Waals surface area contributed by atoms with Gasteiger partial charge in [-0.25, -0.2) is 4.98 Å². The molecule has 4 rings (SSSR count). The average Bonchev–Trinajstić information content (AvgIpc) is 3.25. The van der Waals surface area contributed by atoms with E-state index in [1.54, 1.807) is 11.8 Å². The highest BCUT2D eigenvalue weighted by atomic mass is 32.2. The van der Waals surface area contributed by atoms with Crippen LogP contribution in [0.3, 0.4) is 0 Å². The van der Waals surface area contributed by atoms with E-state index in [-0.39, 0.29) is 12.5 Å². The van der Waals surface area contributed by atoms with Crippen molar-refractivity contribution in [2.75, 3.05) is 11.4 Å². The Balaban J connectivity index is 1.36. The number of thioether (sulfide) groups is 1. The fourth-order valence-corrected chi connectivity index (χ4v) is 4.82. The predicted octanol–water partition coefficient (Wildman–Crippen LogP) is 5.40. The number of aromatic nitrogens is 1. The monoisotopic (exact) mass is 434 g/mol. The molecule has 1 aliphatic rings. The Hall–Kier alpha value is -2.99. The summed E-state index contributed by atoms with van der Waals surface area (Å²) < 4.78 is 6.03. The van der Waals surface area contributed by atoms with Gasteiger partial charge in [-0.1, -0.05) is 36.4 Å². The summed E-state index contributed by atoms with van der Waals surface area (Å²) in [6, 6.07) is 22.4. The van der Waals surface area contributed by atoms with E-state index in [0.29, 0.717) is 6.61 Å². The topological polar surface area (TPSA) is 62.7 Å². The van der Waals surface area contributed by atoms with Gasteiger partial charge in [0.25, 0.3) is 0 Å². The lowest BCUT2D eigenvalue weighted by Gasteiger charge is -2.25. The molecular weight excluding hydrogens is 408 g/mol. The van der Waals surface area contributed by atoms with Crippen LogP contribution in [0.5, 0.6) is 5.75 Å². The van der Waals surface area contributed by atoms with E-state index in [9.17, 15) is 4.79 Å². The van der Waals surface area contributed by atoms with Crippen molar-refractivity contribution in [2.24, 2.45) is 0 Å². The number of anilines is 1. The SMILES string of the molecule is O=C(O)CC1CCCN1c1ccc(OCc2cccnc2SCc2ccccc2)cc1. The van der Waals surface area contributed by atoms with Crippen LogP contribution in [0, 0.1) is 0 Å². The molecule has 0 amide bonds. The van der Waals surface area contributed by atoms with E-state index >= 15 is 0 Å². The van der Waals surface area contributed by atoms with Gasteiger partial charge in [0, 0.05) is 35.8 Å². The van der Waals surface area contributed by atoms with Gasteiger partial charge in [-0.05, 0) is 48.7 Å². The fraction of sp³-hybridized carbons (Fsp3) is 0.280. The molecule has 2 aromatic carbocycles. The Morgan fingerprint density at radius 1 is 1.10 bits per heavy atom. The number of aliphatic carboxylic acids is 1. The Bertz CT molecular complexity index is 995. The molecule has 1 aromatic heterocycles. The Morgan fingerprint density at radius 2 is 1.90 bits per heavy atom. The number of carbonyl (C=O) groups is 1. The molecule has 0 spiro atoms. The van der Waals surface area contributed by atoms with Crippen molar-refractivity contribution < 1.29 is 14.6 Å². The number of rotatable bonds is 9. The van der Waals surface area contributed by atoms with Gasteiger partial charge in [0.1, 0.15) is 17.4 Å². The molecular formula is C25H26N2O3S. The molecule has 0 saturated carbocycles. The number of carboxylic acid groups (broad SMARTS) is 1. The van der Waals surface area contributed by atoms with Crippen molar-refractivity contribution in [3.8, 4) is 5.75 Å². The highest BCUT2D eigenvalue weighted by molar-refractivity contribution is 7.98. The van der Waals surface area contributed by atoms with Crippen LogP contribution in [-0.2, 0) is 17.2 Å². The molecule has 2 heterocycles. The number of hydrogen-bond acceptors (Lipinski definition) is 5. The first-order chi connectivity index (χ1) is 15.2. The standard InChI is InChI=1S/C25H26N2O3S/c28-24(29)16-22-9-5-15-27(22)21-10-12-23(13-11-21)30-17-20-8-4-14-26-25(20)31-18-19-6-2-1-3-7-19/h1-4,6-8,10-14,22H,5,9,15-18H2,(H,28,29). The van der Waals surface area contributed by atoms with Crippen LogP contribution in [0.4, 0.5) is 5.69 Å². The third-order valence-electron chi connectivity index (χ3n) is 5.42. The maximum Gasteiger partial charge on any atom is 0.305 e. The number of hydrogen-bond donors (Lipinski definition) is 1. The van der Waals surface area contributed by atoms with E-state index in [0.717, 1.165) is 47.2 Å². The Morgan fingerprint density at radius 3 is 2.68 bits per heavy atom. The smallest absolute Gasteiger partial charge is 0.305 e. The minimum absolute atomic E-state index is 0.0730. The van der Waals surface area contributed by atoms with Crippen LogP contribution >= 0.6 is 11.8 Å². The molecule has 160 valence electrons. The van der Waals surface area contributed by atoms with Crippen LogP contribution in [0.2, 0.25) is 0 Å². The first-order valence-corrected chi connectivity index (χ1v) is 11.5. The minimum Gasteiger partial charge on any atom is -0.489 e. The van der Waals surface area contributed by atoms with Crippen molar-refractivity contribution in [3.63, 3.8) is 0 Å². The summed E-state index contributed by atoms with van der Waals surface area (Å²) >= 11 is 1.71. The fourth-order valence-electron chi connectivity index (χ4n) is 3.87. The Labute approximate surface area is 187 Å². The summed E-state index contributed by atoms with van der Waals surface area (Å²) in [7, 11) is 0. The molecule has 0 aliphatic carbocycles. The lowest BCUT2D eigenvalue weighted by atomic mass is 10.1. The summed E-state index contributed by atoms with van der Waals surface area (Å²) in [5, 5.41) is 10.1. The lowest BCUT2D eigenvalue weighted by molar-refractivity contribution is -0.137. The molecule has 1 N–H and O–H groups in total. The number of ether oxygens (including phenoxy) is 1. The van der Waals surface area contributed by atoms with Gasteiger partial charge in [-0.2, -0.15) is 0 Å². The van der Waals surface area contributed by atoms with Crippen LogP contribution in [0.1, 0.15) is 30.4 Å². The number of carboxylic acids is 1. The second kappa shape index (κ2) is 10.4. The third-order valence-corrected chi connectivity index (χ3v) is 6.54. The van der Waals surface area contributed by atoms with E-state index in [1.807, 2.05) is 54.7 Å². The van der Waals surface area contributed by atoms with Gasteiger partial charge >= 0.3 is 5.97 Å². The normalized spacial score (nSPS) is 15.7. The summed E-state index contributed by atoms with van der Waals surface area (Å²) in [5.41, 5.74) is 3.38. The van der Waals surface area contributed by atoms with Crippen molar-refractivity contribution in [1.82, 2.24) is 4.98 Å². The molecule has 1 fully saturated rings. The largest absolute Gasteiger partial charge is 0.489 e. The summed E-state index contributed by atoms with van der Waals surface area (Å²) in [6.45, 7) is 1.35. The van der Waals surface area contributed by atoms with Gasteiger partial charge in [-0.3, -0.25) is 4.79 Å². The van der Waals surface area contributed by atoms with Crippen molar-refractivity contribution in [1.29, 1.82) is 0 Å².